The Bertz CT molecular complexity index is 1170. The van der Waals surface area contributed by atoms with E-state index in [1.54, 1.807) is 23.1 Å². The summed E-state index contributed by atoms with van der Waals surface area (Å²) in [5.41, 5.74) is 4.04. The Morgan fingerprint density at radius 1 is 1.07 bits per heavy atom. The van der Waals surface area contributed by atoms with Crippen LogP contribution in [0.4, 0.5) is 0 Å². The van der Waals surface area contributed by atoms with Gasteiger partial charge in [0.25, 0.3) is 0 Å². The minimum absolute atomic E-state index is 0.0217. The molecular weight excluding hydrogens is 382 g/mol. The smallest absolute Gasteiger partial charge is 0.179 e. The Labute approximate surface area is 174 Å². The first-order valence-electron chi connectivity index (χ1n) is 9.99. The topological polar surface area (TPSA) is 103 Å². The molecule has 1 N–H and O–H groups in total. The molecule has 0 fully saturated rings. The van der Waals surface area contributed by atoms with Crippen LogP contribution in [-0.4, -0.2) is 51.7 Å². The fraction of sp³-hybridized carbons (Fsp3) is 0.381. The molecule has 0 aliphatic carbocycles. The predicted octanol–water partition coefficient (Wildman–Crippen LogP) is 2.62. The highest BCUT2D eigenvalue weighted by Crippen LogP contribution is 2.27. The van der Waals surface area contributed by atoms with Gasteiger partial charge in [0, 0.05) is 29.6 Å². The van der Waals surface area contributed by atoms with Gasteiger partial charge in [-0.1, -0.05) is 13.8 Å². The lowest BCUT2D eigenvalue weighted by Crippen LogP contribution is -2.13. The zero-order chi connectivity index (χ0) is 21.3. The molecule has 0 radical (unpaired) electrons. The lowest BCUT2D eigenvalue weighted by molar-refractivity contribution is -0.122. The van der Waals surface area contributed by atoms with Crippen LogP contribution in [0.1, 0.15) is 33.2 Å². The average Bonchev–Trinajstić information content (AvgIpc) is 3.46. The number of hydrogen-bond donors (Lipinski definition) is 1. The number of Topliss-reactive ketones (excluding diaryl/α,β-unsaturated/α-hetero) is 1. The van der Waals surface area contributed by atoms with Crippen LogP contribution in [-0.2, 0) is 11.3 Å². The third-order valence-corrected chi connectivity index (χ3v) is 4.97. The number of carbonyl (C=O) groups is 1. The molecule has 9 nitrogen and oxygen atoms in total. The predicted molar refractivity (Wildman–Crippen MR) is 112 cm³/mol. The summed E-state index contributed by atoms with van der Waals surface area (Å²) in [4.78, 5) is 16.3. The van der Waals surface area contributed by atoms with E-state index < -0.39 is 6.61 Å². The standard InChI is InChI=1S/C21H25N7O2/c1-14(2)6-15(3)27-10-17(8-24-27)21-20-4-5-22-28(20)12-19(25-21)16-7-23-26(9-16)11-18(30)13-29/h4-5,7-10,12,14-15,29H,6,11,13H2,1-3H3/t15-/m0/s1. The fourth-order valence-electron chi connectivity index (χ4n) is 3.58. The molecule has 0 spiro atoms. The molecule has 4 aromatic heterocycles. The Kier molecular flexibility index (Phi) is 5.45. The summed E-state index contributed by atoms with van der Waals surface area (Å²) in [6.07, 6.45) is 11.9. The van der Waals surface area contributed by atoms with E-state index in [1.807, 2.05) is 29.3 Å². The summed E-state index contributed by atoms with van der Waals surface area (Å²) < 4.78 is 5.26. The highest BCUT2D eigenvalue weighted by molar-refractivity contribution is 5.79. The maximum absolute atomic E-state index is 11.5. The second-order valence-electron chi connectivity index (χ2n) is 7.95. The summed E-state index contributed by atoms with van der Waals surface area (Å²) in [5.74, 6) is 0.286. The van der Waals surface area contributed by atoms with E-state index in [1.165, 1.54) is 4.68 Å². The molecule has 0 saturated carbocycles. The number of aromatic nitrogens is 7. The third kappa shape index (κ3) is 4.02. The molecule has 0 aliphatic heterocycles. The summed E-state index contributed by atoms with van der Waals surface area (Å²) in [6, 6.07) is 2.22. The molecule has 0 amide bonds. The molecule has 30 heavy (non-hydrogen) atoms. The van der Waals surface area contributed by atoms with Crippen LogP contribution in [0.3, 0.4) is 0 Å². The molecule has 0 saturated heterocycles. The summed E-state index contributed by atoms with van der Waals surface area (Å²) in [6.45, 7) is 6.09. The van der Waals surface area contributed by atoms with Gasteiger partial charge < -0.3 is 5.11 Å². The van der Waals surface area contributed by atoms with Gasteiger partial charge in [0.15, 0.2) is 5.78 Å². The third-order valence-electron chi connectivity index (χ3n) is 4.97. The minimum Gasteiger partial charge on any atom is -0.389 e. The van der Waals surface area contributed by atoms with Gasteiger partial charge in [-0.3, -0.25) is 14.2 Å². The van der Waals surface area contributed by atoms with Gasteiger partial charge in [-0.2, -0.15) is 15.3 Å². The maximum Gasteiger partial charge on any atom is 0.179 e. The van der Waals surface area contributed by atoms with Crippen LogP contribution >= 0.6 is 0 Å². The van der Waals surface area contributed by atoms with Crippen molar-refractivity contribution in [3.8, 4) is 22.5 Å². The van der Waals surface area contributed by atoms with Gasteiger partial charge in [-0.05, 0) is 25.3 Å². The van der Waals surface area contributed by atoms with Gasteiger partial charge in [-0.15, -0.1) is 0 Å². The number of rotatable bonds is 8. The number of hydrogen-bond acceptors (Lipinski definition) is 6. The molecule has 156 valence electrons. The Morgan fingerprint density at radius 3 is 2.63 bits per heavy atom. The minimum atomic E-state index is -0.504. The molecule has 1 atom stereocenters. The number of carbonyl (C=O) groups excluding carboxylic acids is 1. The molecular formula is C21H25N7O2. The molecule has 4 aromatic rings. The van der Waals surface area contributed by atoms with Gasteiger partial charge in [-0.25, -0.2) is 9.50 Å². The first kappa shape index (κ1) is 20.0. The molecule has 9 heteroatoms. The number of fused-ring (bicyclic) bond motifs is 1. The number of aliphatic hydroxyl groups excluding tert-OH is 1. The SMILES string of the molecule is CC(C)C[C@H](C)n1cc(-c2nc(-c3cnn(CC(=O)CO)c3)cn3nccc23)cn1. The quantitative estimate of drug-likeness (QED) is 0.482. The van der Waals surface area contributed by atoms with Crippen LogP contribution in [0, 0.1) is 5.92 Å². The van der Waals surface area contributed by atoms with E-state index in [-0.39, 0.29) is 12.3 Å². The Balaban J connectivity index is 1.71. The van der Waals surface area contributed by atoms with Crippen molar-refractivity contribution >= 4 is 11.3 Å². The molecule has 0 unspecified atom stereocenters. The molecule has 4 heterocycles. The van der Waals surface area contributed by atoms with E-state index in [0.717, 1.165) is 28.8 Å². The maximum atomic E-state index is 11.5. The Hall–Kier alpha value is -3.33. The van der Waals surface area contributed by atoms with Gasteiger partial charge in [0.2, 0.25) is 0 Å². The lowest BCUT2D eigenvalue weighted by atomic mass is 10.1. The van der Waals surface area contributed by atoms with Crippen LogP contribution < -0.4 is 0 Å². The first-order chi connectivity index (χ1) is 14.4. The zero-order valence-corrected chi connectivity index (χ0v) is 17.3. The van der Waals surface area contributed by atoms with Crippen molar-refractivity contribution in [2.45, 2.75) is 39.8 Å². The number of aliphatic hydroxyl groups is 1. The Morgan fingerprint density at radius 2 is 1.87 bits per heavy atom. The van der Waals surface area contributed by atoms with Crippen LogP contribution in [0.25, 0.3) is 28.0 Å². The van der Waals surface area contributed by atoms with E-state index in [4.69, 9.17) is 10.1 Å². The summed E-state index contributed by atoms with van der Waals surface area (Å²) in [7, 11) is 0. The van der Waals surface area contributed by atoms with E-state index >= 15 is 0 Å². The highest BCUT2D eigenvalue weighted by Gasteiger charge is 2.16. The van der Waals surface area contributed by atoms with Crippen molar-refractivity contribution in [3.63, 3.8) is 0 Å². The normalized spacial score (nSPS) is 12.7. The fourth-order valence-corrected chi connectivity index (χ4v) is 3.58. The van der Waals surface area contributed by atoms with Crippen LogP contribution in [0.5, 0.6) is 0 Å². The van der Waals surface area contributed by atoms with Crippen LogP contribution in [0.2, 0.25) is 0 Å². The summed E-state index contributed by atoms with van der Waals surface area (Å²) in [5, 5.41) is 22.1. The number of ketones is 1. The number of nitrogens with zero attached hydrogens (tertiary/aromatic N) is 7. The van der Waals surface area contributed by atoms with Crippen molar-refractivity contribution in [3.05, 3.63) is 43.2 Å². The van der Waals surface area contributed by atoms with Gasteiger partial charge in [0.1, 0.15) is 13.2 Å². The molecule has 0 bridgehead atoms. The van der Waals surface area contributed by atoms with Crippen molar-refractivity contribution in [1.29, 1.82) is 0 Å². The van der Waals surface area contributed by atoms with E-state index in [2.05, 4.69) is 36.1 Å². The van der Waals surface area contributed by atoms with Crippen molar-refractivity contribution in [2.24, 2.45) is 5.92 Å². The lowest BCUT2D eigenvalue weighted by Gasteiger charge is -2.14. The van der Waals surface area contributed by atoms with Gasteiger partial charge >= 0.3 is 0 Å². The molecule has 0 aliphatic rings. The molecule has 0 aromatic carbocycles. The van der Waals surface area contributed by atoms with Crippen LogP contribution in [0.15, 0.2) is 43.2 Å². The van der Waals surface area contributed by atoms with Gasteiger partial charge in [0.05, 0.1) is 41.7 Å². The average molecular weight is 407 g/mol. The van der Waals surface area contributed by atoms with Crippen molar-refractivity contribution < 1.29 is 9.90 Å². The zero-order valence-electron chi connectivity index (χ0n) is 17.3. The largest absolute Gasteiger partial charge is 0.389 e. The van der Waals surface area contributed by atoms with Crippen molar-refractivity contribution in [2.75, 3.05) is 6.61 Å². The molecule has 4 rings (SSSR count). The highest BCUT2D eigenvalue weighted by atomic mass is 16.3. The first-order valence-corrected chi connectivity index (χ1v) is 9.99. The van der Waals surface area contributed by atoms with Crippen molar-refractivity contribution in [1.82, 2.24) is 34.2 Å². The summed E-state index contributed by atoms with van der Waals surface area (Å²) >= 11 is 0. The van der Waals surface area contributed by atoms with E-state index in [0.29, 0.717) is 17.7 Å². The monoisotopic (exact) mass is 407 g/mol. The van der Waals surface area contributed by atoms with E-state index in [9.17, 15) is 4.79 Å². The second-order valence-corrected chi connectivity index (χ2v) is 7.95. The second kappa shape index (κ2) is 8.19.